The molecule has 25 heavy (non-hydrogen) atoms. The summed E-state index contributed by atoms with van der Waals surface area (Å²) in [5, 5.41) is 6.22. The van der Waals surface area contributed by atoms with E-state index in [4.69, 9.17) is 11.6 Å². The maximum atomic E-state index is 12.4. The number of amides is 1. The summed E-state index contributed by atoms with van der Waals surface area (Å²) >= 11 is 5.89. The van der Waals surface area contributed by atoms with E-state index in [2.05, 4.69) is 35.6 Å². The fourth-order valence-corrected chi connectivity index (χ4v) is 3.17. The van der Waals surface area contributed by atoms with Gasteiger partial charge in [0, 0.05) is 17.5 Å². The number of carbonyl (C=O) groups excluding carboxylic acids is 1. The number of hydrogen-bond acceptors (Lipinski definition) is 1. The van der Waals surface area contributed by atoms with E-state index >= 15 is 0 Å². The van der Waals surface area contributed by atoms with Gasteiger partial charge in [0.25, 0.3) is 0 Å². The van der Waals surface area contributed by atoms with Crippen LogP contribution in [0.2, 0.25) is 5.02 Å². The van der Waals surface area contributed by atoms with Crippen LogP contribution in [-0.4, -0.2) is 12.5 Å². The van der Waals surface area contributed by atoms with Crippen LogP contribution in [0, 0.1) is 5.92 Å². The highest BCUT2D eigenvalue weighted by atomic mass is 35.5. The first-order valence-electron chi connectivity index (χ1n) is 8.62. The molecule has 2 nitrogen and oxygen atoms in total. The lowest BCUT2D eigenvalue weighted by molar-refractivity contribution is -0.124. The maximum absolute atomic E-state index is 12.4. The number of nitrogens with one attached hydrogen (secondary N) is 1. The molecule has 0 radical (unpaired) electrons. The molecule has 0 saturated carbocycles. The number of carbonyl (C=O) groups is 1. The van der Waals surface area contributed by atoms with Gasteiger partial charge in [-0.1, -0.05) is 73.1 Å². The fraction of sp³-hybridized carbons (Fsp3) is 0.227. The third-order valence-electron chi connectivity index (χ3n) is 4.48. The minimum absolute atomic E-state index is 0.0592. The molecule has 0 fully saturated rings. The zero-order valence-electron chi connectivity index (χ0n) is 14.3. The largest absolute Gasteiger partial charge is 0.356 e. The summed E-state index contributed by atoms with van der Waals surface area (Å²) < 4.78 is 0. The zero-order chi connectivity index (χ0) is 17.6. The molecular formula is C22H22ClNO. The summed E-state index contributed by atoms with van der Waals surface area (Å²) in [5.41, 5.74) is 2.39. The lowest BCUT2D eigenvalue weighted by atomic mass is 9.95. The van der Waals surface area contributed by atoms with E-state index in [1.807, 2.05) is 43.3 Å². The van der Waals surface area contributed by atoms with Gasteiger partial charge in [-0.25, -0.2) is 0 Å². The van der Waals surface area contributed by atoms with E-state index in [1.54, 1.807) is 0 Å². The Balaban J connectivity index is 1.56. The van der Waals surface area contributed by atoms with E-state index in [0.717, 1.165) is 17.9 Å². The Labute approximate surface area is 153 Å². The number of fused-ring (bicyclic) bond motifs is 1. The van der Waals surface area contributed by atoms with Crippen LogP contribution >= 0.6 is 11.6 Å². The van der Waals surface area contributed by atoms with E-state index in [9.17, 15) is 4.79 Å². The third-order valence-corrected chi connectivity index (χ3v) is 4.73. The van der Waals surface area contributed by atoms with Crippen LogP contribution < -0.4 is 5.32 Å². The summed E-state index contributed by atoms with van der Waals surface area (Å²) in [6.45, 7) is 2.62. The van der Waals surface area contributed by atoms with Gasteiger partial charge in [-0.3, -0.25) is 4.79 Å². The Kier molecular flexibility index (Phi) is 5.72. The molecule has 3 aromatic carbocycles. The van der Waals surface area contributed by atoms with Crippen molar-refractivity contribution >= 4 is 28.3 Å². The van der Waals surface area contributed by atoms with Crippen molar-refractivity contribution in [3.8, 4) is 0 Å². The molecule has 1 N–H and O–H groups in total. The van der Waals surface area contributed by atoms with E-state index < -0.39 is 0 Å². The number of halogens is 1. The predicted octanol–water partition coefficient (Wildman–Crippen LogP) is 5.03. The lowest BCUT2D eigenvalue weighted by Gasteiger charge is -2.14. The Morgan fingerprint density at radius 1 is 1.00 bits per heavy atom. The Morgan fingerprint density at radius 3 is 2.52 bits per heavy atom. The first kappa shape index (κ1) is 17.5. The molecule has 1 atom stereocenters. The Hall–Kier alpha value is -2.32. The number of hydrogen-bond donors (Lipinski definition) is 1. The summed E-state index contributed by atoms with van der Waals surface area (Å²) in [5.74, 6) is 0.0397. The second-order valence-electron chi connectivity index (χ2n) is 6.41. The quantitative estimate of drug-likeness (QED) is 0.663. The van der Waals surface area contributed by atoms with Crippen molar-refractivity contribution in [2.75, 3.05) is 6.54 Å². The zero-order valence-corrected chi connectivity index (χ0v) is 15.1. The van der Waals surface area contributed by atoms with Crippen molar-refractivity contribution in [3.63, 3.8) is 0 Å². The van der Waals surface area contributed by atoms with Crippen molar-refractivity contribution in [1.82, 2.24) is 5.32 Å². The number of rotatable bonds is 6. The molecule has 0 saturated heterocycles. The van der Waals surface area contributed by atoms with Crippen LogP contribution in [0.25, 0.3) is 10.8 Å². The lowest BCUT2D eigenvalue weighted by Crippen LogP contribution is -2.31. The molecule has 3 aromatic rings. The standard InChI is InChI=1S/C22H22ClNO/c1-16(15-19-7-4-6-18-5-2-3-8-21(18)19)22(25)24-14-13-17-9-11-20(23)12-10-17/h2-12,16H,13-15H2,1H3,(H,24,25)/t16-/m1/s1. The third kappa shape index (κ3) is 4.61. The number of benzene rings is 3. The van der Waals surface area contributed by atoms with Gasteiger partial charge in [0.15, 0.2) is 0 Å². The van der Waals surface area contributed by atoms with Gasteiger partial charge in [-0.05, 0) is 46.9 Å². The van der Waals surface area contributed by atoms with Crippen LogP contribution in [0.4, 0.5) is 0 Å². The Bertz CT molecular complexity index is 852. The molecule has 0 aliphatic carbocycles. The summed E-state index contributed by atoms with van der Waals surface area (Å²) in [6, 6.07) is 22.3. The Morgan fingerprint density at radius 2 is 1.72 bits per heavy atom. The molecular weight excluding hydrogens is 330 g/mol. The molecule has 0 heterocycles. The summed E-state index contributed by atoms with van der Waals surface area (Å²) in [4.78, 5) is 12.4. The van der Waals surface area contributed by atoms with Crippen molar-refractivity contribution in [1.29, 1.82) is 0 Å². The van der Waals surface area contributed by atoms with E-state index in [-0.39, 0.29) is 11.8 Å². The first-order chi connectivity index (χ1) is 12.1. The normalized spacial score (nSPS) is 12.1. The average molecular weight is 352 g/mol. The molecule has 3 rings (SSSR count). The van der Waals surface area contributed by atoms with Crippen LogP contribution in [0.15, 0.2) is 66.7 Å². The molecule has 0 aliphatic heterocycles. The summed E-state index contributed by atoms with van der Waals surface area (Å²) in [6.07, 6.45) is 1.55. The van der Waals surface area contributed by atoms with Crippen LogP contribution in [0.3, 0.4) is 0 Å². The minimum atomic E-state index is -0.0592. The second kappa shape index (κ2) is 8.17. The molecule has 0 unspecified atom stereocenters. The van der Waals surface area contributed by atoms with Gasteiger partial charge in [0.2, 0.25) is 5.91 Å². The van der Waals surface area contributed by atoms with Gasteiger partial charge in [0.05, 0.1) is 0 Å². The highest BCUT2D eigenvalue weighted by Crippen LogP contribution is 2.21. The molecule has 0 bridgehead atoms. The molecule has 0 aliphatic rings. The predicted molar refractivity (Wildman–Crippen MR) is 105 cm³/mol. The molecule has 1 amide bonds. The molecule has 3 heteroatoms. The van der Waals surface area contributed by atoms with Gasteiger partial charge >= 0.3 is 0 Å². The van der Waals surface area contributed by atoms with Gasteiger partial charge in [-0.15, -0.1) is 0 Å². The van der Waals surface area contributed by atoms with Crippen LogP contribution in [0.1, 0.15) is 18.1 Å². The van der Waals surface area contributed by atoms with Crippen molar-refractivity contribution in [2.24, 2.45) is 5.92 Å². The highest BCUT2D eigenvalue weighted by molar-refractivity contribution is 6.30. The SMILES string of the molecule is C[C@H](Cc1cccc2ccccc12)C(=O)NCCc1ccc(Cl)cc1. The van der Waals surface area contributed by atoms with Gasteiger partial charge in [-0.2, -0.15) is 0 Å². The molecule has 0 spiro atoms. The van der Waals surface area contributed by atoms with Crippen molar-refractivity contribution in [3.05, 3.63) is 82.9 Å². The van der Waals surface area contributed by atoms with Crippen molar-refractivity contribution < 1.29 is 4.79 Å². The van der Waals surface area contributed by atoms with Gasteiger partial charge in [0.1, 0.15) is 0 Å². The molecule has 128 valence electrons. The topological polar surface area (TPSA) is 29.1 Å². The van der Waals surface area contributed by atoms with Crippen LogP contribution in [-0.2, 0) is 17.6 Å². The van der Waals surface area contributed by atoms with E-state index in [1.165, 1.54) is 21.9 Å². The molecule has 0 aromatic heterocycles. The van der Waals surface area contributed by atoms with Crippen molar-refractivity contribution in [2.45, 2.75) is 19.8 Å². The highest BCUT2D eigenvalue weighted by Gasteiger charge is 2.14. The van der Waals surface area contributed by atoms with E-state index in [0.29, 0.717) is 6.54 Å². The monoisotopic (exact) mass is 351 g/mol. The van der Waals surface area contributed by atoms with Crippen LogP contribution in [0.5, 0.6) is 0 Å². The maximum Gasteiger partial charge on any atom is 0.223 e. The second-order valence-corrected chi connectivity index (χ2v) is 6.85. The summed E-state index contributed by atoms with van der Waals surface area (Å²) in [7, 11) is 0. The minimum Gasteiger partial charge on any atom is -0.356 e. The fourth-order valence-electron chi connectivity index (χ4n) is 3.05. The average Bonchev–Trinajstić information content (AvgIpc) is 2.63. The smallest absolute Gasteiger partial charge is 0.223 e. The first-order valence-corrected chi connectivity index (χ1v) is 9.00. The van der Waals surface area contributed by atoms with Gasteiger partial charge < -0.3 is 5.32 Å².